The number of anilines is 2. The number of nitrogens with one attached hydrogen (secondary N) is 2. The third-order valence-electron chi connectivity index (χ3n) is 5.81. The van der Waals surface area contributed by atoms with Gasteiger partial charge < -0.3 is 20.1 Å². The van der Waals surface area contributed by atoms with E-state index in [0.29, 0.717) is 18.2 Å². The number of Topliss-reactive ketones (excluding diaryl/α,β-unsaturated/α-hetero) is 1. The van der Waals surface area contributed by atoms with E-state index in [9.17, 15) is 22.8 Å². The molecule has 1 fully saturated rings. The second-order valence-corrected chi connectivity index (χ2v) is 11.3. The minimum Gasteiger partial charge on any atom is -0.366 e. The van der Waals surface area contributed by atoms with Gasteiger partial charge in [0.2, 0.25) is 0 Å². The molecule has 1 aromatic carbocycles. The second kappa shape index (κ2) is 12.0. The molecule has 1 aliphatic heterocycles. The van der Waals surface area contributed by atoms with Crippen molar-refractivity contribution < 1.29 is 32.2 Å². The predicted molar refractivity (Wildman–Crippen MR) is 144 cm³/mol. The SMILES string of the molecule is CC(CC(=O)c1ncnc(NCC2COC(C)(C)O2)c1Cl)c1ncc(C(=O)Nc2ccc(Cl)c(C(F)(F)F)c2)s1. The third-order valence-corrected chi connectivity index (χ3v) is 7.72. The van der Waals surface area contributed by atoms with Gasteiger partial charge in [0.05, 0.1) is 28.4 Å². The number of carbonyl (C=O) groups is 2. The lowest BCUT2D eigenvalue weighted by Crippen LogP contribution is -2.26. The van der Waals surface area contributed by atoms with Gasteiger partial charge in [-0.25, -0.2) is 15.0 Å². The number of benzene rings is 1. The Hall–Kier alpha value is -2.84. The number of rotatable bonds is 9. The molecule has 2 unspecified atom stereocenters. The summed E-state index contributed by atoms with van der Waals surface area (Å²) >= 11 is 13.1. The Morgan fingerprint density at radius 1 is 1.23 bits per heavy atom. The van der Waals surface area contributed by atoms with Crippen LogP contribution in [0.5, 0.6) is 0 Å². The van der Waals surface area contributed by atoms with Crippen LogP contribution in [0.1, 0.15) is 63.8 Å². The van der Waals surface area contributed by atoms with E-state index in [1.165, 1.54) is 18.6 Å². The molecule has 2 atom stereocenters. The zero-order valence-corrected chi connectivity index (χ0v) is 23.8. The summed E-state index contributed by atoms with van der Waals surface area (Å²) in [6, 6.07) is 3.08. The van der Waals surface area contributed by atoms with Crippen LogP contribution in [0, 0.1) is 0 Å². The molecule has 9 nitrogen and oxygen atoms in total. The van der Waals surface area contributed by atoms with Gasteiger partial charge in [-0.3, -0.25) is 9.59 Å². The quantitative estimate of drug-likeness (QED) is 0.263. The average Bonchev–Trinajstić information content (AvgIpc) is 3.50. The molecule has 4 rings (SSSR count). The lowest BCUT2D eigenvalue weighted by molar-refractivity contribution is -0.137. The largest absolute Gasteiger partial charge is 0.417 e. The third kappa shape index (κ3) is 7.26. The zero-order chi connectivity index (χ0) is 29.2. The van der Waals surface area contributed by atoms with E-state index < -0.39 is 34.4 Å². The number of hydrogen-bond donors (Lipinski definition) is 2. The number of ether oxygens (including phenoxy) is 2. The lowest BCUT2D eigenvalue weighted by atomic mass is 10.0. The van der Waals surface area contributed by atoms with Gasteiger partial charge in [0.25, 0.3) is 5.91 Å². The molecule has 1 aliphatic rings. The molecule has 0 aliphatic carbocycles. The van der Waals surface area contributed by atoms with Crippen molar-refractivity contribution in [2.45, 2.75) is 51.2 Å². The molecular weight excluding hydrogens is 594 g/mol. The van der Waals surface area contributed by atoms with Crippen LogP contribution in [0.4, 0.5) is 24.7 Å². The van der Waals surface area contributed by atoms with Crippen molar-refractivity contribution in [1.82, 2.24) is 15.0 Å². The highest BCUT2D eigenvalue weighted by Crippen LogP contribution is 2.36. The van der Waals surface area contributed by atoms with Crippen LogP contribution in [0.15, 0.2) is 30.7 Å². The number of nitrogens with zero attached hydrogens (tertiary/aromatic N) is 3. The Balaban J connectivity index is 1.38. The summed E-state index contributed by atoms with van der Waals surface area (Å²) in [4.78, 5) is 38.2. The normalized spacial score (nSPS) is 17.4. The van der Waals surface area contributed by atoms with Crippen molar-refractivity contribution in [2.24, 2.45) is 0 Å². The molecule has 1 saturated heterocycles. The van der Waals surface area contributed by atoms with Crippen molar-refractivity contribution in [3.05, 3.63) is 61.9 Å². The van der Waals surface area contributed by atoms with E-state index in [1.54, 1.807) is 6.92 Å². The van der Waals surface area contributed by atoms with Gasteiger partial charge in [-0.05, 0) is 32.0 Å². The Morgan fingerprint density at radius 2 is 1.98 bits per heavy atom. The number of ketones is 1. The van der Waals surface area contributed by atoms with Crippen LogP contribution in [0.2, 0.25) is 10.0 Å². The monoisotopic (exact) mass is 617 g/mol. The van der Waals surface area contributed by atoms with Gasteiger partial charge in [0.15, 0.2) is 11.6 Å². The van der Waals surface area contributed by atoms with Crippen molar-refractivity contribution in [2.75, 3.05) is 23.8 Å². The molecule has 0 spiro atoms. The molecule has 15 heteroatoms. The van der Waals surface area contributed by atoms with E-state index >= 15 is 0 Å². The Morgan fingerprint density at radius 3 is 2.65 bits per heavy atom. The first-order valence-electron chi connectivity index (χ1n) is 12.0. The number of halogens is 5. The first-order valence-corrected chi connectivity index (χ1v) is 13.5. The fraction of sp³-hybridized carbons (Fsp3) is 0.400. The van der Waals surface area contributed by atoms with Crippen LogP contribution in [-0.2, 0) is 15.7 Å². The molecule has 40 heavy (non-hydrogen) atoms. The lowest BCUT2D eigenvalue weighted by Gasteiger charge is -2.17. The molecule has 0 saturated carbocycles. The standard InChI is InChI=1S/C25H24Cl2F3N5O4S/c1-12(6-17(36)20-19(27)21(34-11-33-20)31-8-14-10-38-24(2,3)39-14)23-32-9-18(40-23)22(37)35-13-4-5-16(26)15(7-13)25(28,29)30/h4-5,7,9,11-12,14H,6,8,10H2,1-3H3,(H,35,37)(H,31,33,34). The Kier molecular flexibility index (Phi) is 9.00. The predicted octanol–water partition coefficient (Wildman–Crippen LogP) is 6.45. The van der Waals surface area contributed by atoms with E-state index in [0.717, 1.165) is 23.5 Å². The van der Waals surface area contributed by atoms with Crippen LogP contribution >= 0.6 is 34.5 Å². The Bertz CT molecular complexity index is 1420. The maximum Gasteiger partial charge on any atom is 0.417 e. The van der Waals surface area contributed by atoms with Crippen LogP contribution in [0.3, 0.4) is 0 Å². The summed E-state index contributed by atoms with van der Waals surface area (Å²) < 4.78 is 50.6. The Labute approximate surface area is 241 Å². The topological polar surface area (TPSA) is 115 Å². The number of alkyl halides is 3. The summed E-state index contributed by atoms with van der Waals surface area (Å²) in [6.07, 6.45) is -2.37. The smallest absolute Gasteiger partial charge is 0.366 e. The highest BCUT2D eigenvalue weighted by molar-refractivity contribution is 7.13. The molecular formula is C25H24Cl2F3N5O4S. The summed E-state index contributed by atoms with van der Waals surface area (Å²) in [6.45, 7) is 6.14. The number of amides is 1. The van der Waals surface area contributed by atoms with Gasteiger partial charge in [-0.2, -0.15) is 13.2 Å². The number of hydrogen-bond acceptors (Lipinski definition) is 9. The van der Waals surface area contributed by atoms with Crippen LogP contribution in [0.25, 0.3) is 0 Å². The van der Waals surface area contributed by atoms with Crippen molar-refractivity contribution in [3.63, 3.8) is 0 Å². The first-order chi connectivity index (χ1) is 18.7. The molecule has 2 N–H and O–H groups in total. The molecule has 0 radical (unpaired) electrons. The van der Waals surface area contributed by atoms with Gasteiger partial charge >= 0.3 is 6.18 Å². The fourth-order valence-electron chi connectivity index (χ4n) is 3.86. The van der Waals surface area contributed by atoms with Crippen molar-refractivity contribution >= 4 is 57.7 Å². The van der Waals surface area contributed by atoms with Crippen LogP contribution in [-0.4, -0.2) is 51.7 Å². The number of thiazole rings is 1. The first kappa shape index (κ1) is 30.1. The number of carbonyl (C=O) groups excluding carboxylic acids is 2. The van der Waals surface area contributed by atoms with Gasteiger partial charge in [-0.15, -0.1) is 11.3 Å². The molecule has 3 heterocycles. The van der Waals surface area contributed by atoms with E-state index in [2.05, 4.69) is 25.6 Å². The maximum atomic E-state index is 13.1. The highest BCUT2D eigenvalue weighted by Gasteiger charge is 2.34. The van der Waals surface area contributed by atoms with Gasteiger partial charge in [0, 0.05) is 24.6 Å². The van der Waals surface area contributed by atoms with Crippen molar-refractivity contribution in [1.29, 1.82) is 0 Å². The average molecular weight is 618 g/mol. The van der Waals surface area contributed by atoms with E-state index in [4.69, 9.17) is 32.7 Å². The summed E-state index contributed by atoms with van der Waals surface area (Å²) in [5.74, 6) is -1.80. The van der Waals surface area contributed by atoms with E-state index in [-0.39, 0.29) is 45.4 Å². The number of aromatic nitrogens is 3. The van der Waals surface area contributed by atoms with Gasteiger partial charge in [0.1, 0.15) is 33.8 Å². The molecule has 2 aromatic heterocycles. The van der Waals surface area contributed by atoms with E-state index in [1.807, 2.05) is 13.8 Å². The molecule has 1 amide bonds. The van der Waals surface area contributed by atoms with Crippen molar-refractivity contribution in [3.8, 4) is 0 Å². The molecule has 3 aromatic rings. The summed E-state index contributed by atoms with van der Waals surface area (Å²) in [5, 5.41) is 5.55. The van der Waals surface area contributed by atoms with Gasteiger partial charge in [-0.1, -0.05) is 30.1 Å². The molecule has 214 valence electrons. The summed E-state index contributed by atoms with van der Waals surface area (Å²) in [5.41, 5.74) is -1.10. The second-order valence-electron chi connectivity index (χ2n) is 9.45. The molecule has 0 bridgehead atoms. The minimum absolute atomic E-state index is 0.00929. The fourth-order valence-corrected chi connectivity index (χ4v) is 5.22. The zero-order valence-electron chi connectivity index (χ0n) is 21.4. The summed E-state index contributed by atoms with van der Waals surface area (Å²) in [7, 11) is 0. The maximum absolute atomic E-state index is 13.1. The minimum atomic E-state index is -4.67. The van der Waals surface area contributed by atoms with Crippen LogP contribution < -0.4 is 10.6 Å². The highest BCUT2D eigenvalue weighted by atomic mass is 35.5.